The standard InChI is InChI=1S/C7H16N2/c1-5-6-7-9(4)8(2)3/h5-6H,7H2,1-4H3. The van der Waals surface area contributed by atoms with Gasteiger partial charge < -0.3 is 0 Å². The Morgan fingerprint density at radius 3 is 2.11 bits per heavy atom. The molecule has 0 aliphatic carbocycles. The SMILES string of the molecule is CC=CCN(C)N(C)C. The van der Waals surface area contributed by atoms with Gasteiger partial charge in [-0.05, 0) is 6.92 Å². The molecule has 0 radical (unpaired) electrons. The molecule has 0 bridgehead atoms. The van der Waals surface area contributed by atoms with Crippen LogP contribution in [0.4, 0.5) is 0 Å². The third-order valence-electron chi connectivity index (χ3n) is 1.29. The van der Waals surface area contributed by atoms with Gasteiger partial charge in [0, 0.05) is 27.7 Å². The van der Waals surface area contributed by atoms with Crippen LogP contribution in [0.15, 0.2) is 12.2 Å². The molecule has 0 saturated carbocycles. The van der Waals surface area contributed by atoms with Gasteiger partial charge in [0.05, 0.1) is 0 Å². The van der Waals surface area contributed by atoms with Crippen LogP contribution < -0.4 is 0 Å². The molecule has 0 atom stereocenters. The van der Waals surface area contributed by atoms with Crippen molar-refractivity contribution in [3.05, 3.63) is 12.2 Å². The molecule has 9 heavy (non-hydrogen) atoms. The molecule has 0 fully saturated rings. The zero-order valence-electron chi connectivity index (χ0n) is 6.76. The summed E-state index contributed by atoms with van der Waals surface area (Å²) in [4.78, 5) is 0. The molecule has 0 amide bonds. The van der Waals surface area contributed by atoms with Gasteiger partial charge in [-0.1, -0.05) is 12.2 Å². The van der Waals surface area contributed by atoms with Crippen LogP contribution in [0, 0.1) is 0 Å². The highest BCUT2D eigenvalue weighted by molar-refractivity contribution is 4.78. The van der Waals surface area contributed by atoms with E-state index in [0.717, 1.165) is 6.54 Å². The molecular formula is C7H16N2. The number of rotatable bonds is 3. The fourth-order valence-corrected chi connectivity index (χ4v) is 0.421. The lowest BCUT2D eigenvalue weighted by Crippen LogP contribution is -2.32. The first-order chi connectivity index (χ1) is 4.18. The molecule has 0 aliphatic heterocycles. The number of likely N-dealkylation sites (N-methyl/N-ethyl adjacent to an activating group) is 1. The van der Waals surface area contributed by atoms with E-state index >= 15 is 0 Å². The Hall–Kier alpha value is -0.340. The van der Waals surface area contributed by atoms with Crippen molar-refractivity contribution in [3.63, 3.8) is 0 Å². The van der Waals surface area contributed by atoms with Crippen LogP contribution in [-0.4, -0.2) is 37.7 Å². The number of hydrogen-bond donors (Lipinski definition) is 0. The summed E-state index contributed by atoms with van der Waals surface area (Å²) in [6.45, 7) is 3.02. The fraction of sp³-hybridized carbons (Fsp3) is 0.714. The van der Waals surface area contributed by atoms with Crippen LogP contribution in [-0.2, 0) is 0 Å². The van der Waals surface area contributed by atoms with Crippen molar-refractivity contribution in [2.24, 2.45) is 0 Å². The first-order valence-corrected chi connectivity index (χ1v) is 3.18. The highest BCUT2D eigenvalue weighted by Gasteiger charge is 1.93. The van der Waals surface area contributed by atoms with Gasteiger partial charge >= 0.3 is 0 Å². The summed E-state index contributed by atoms with van der Waals surface area (Å²) >= 11 is 0. The fourth-order valence-electron chi connectivity index (χ4n) is 0.421. The minimum Gasteiger partial charge on any atom is -0.248 e. The minimum absolute atomic E-state index is 0.990. The van der Waals surface area contributed by atoms with Gasteiger partial charge in [-0.25, -0.2) is 10.0 Å². The molecule has 0 aromatic rings. The summed E-state index contributed by atoms with van der Waals surface area (Å²) in [6.07, 6.45) is 4.18. The summed E-state index contributed by atoms with van der Waals surface area (Å²) in [5, 5.41) is 4.18. The van der Waals surface area contributed by atoms with Gasteiger partial charge in [-0.2, -0.15) is 0 Å². The lowest BCUT2D eigenvalue weighted by atomic mass is 10.5. The van der Waals surface area contributed by atoms with Crippen molar-refractivity contribution < 1.29 is 0 Å². The Kier molecular flexibility index (Phi) is 4.36. The Morgan fingerprint density at radius 1 is 1.22 bits per heavy atom. The second-order valence-corrected chi connectivity index (χ2v) is 2.26. The molecule has 0 rings (SSSR count). The largest absolute Gasteiger partial charge is 0.248 e. The predicted octanol–water partition coefficient (Wildman–Crippen LogP) is 0.971. The molecule has 0 unspecified atom stereocenters. The van der Waals surface area contributed by atoms with Crippen LogP contribution in [0.5, 0.6) is 0 Å². The van der Waals surface area contributed by atoms with E-state index in [9.17, 15) is 0 Å². The molecule has 0 N–H and O–H groups in total. The normalized spacial score (nSPS) is 12.2. The monoisotopic (exact) mass is 128 g/mol. The maximum Gasteiger partial charge on any atom is 0.0310 e. The Labute approximate surface area is 57.7 Å². The molecule has 0 spiro atoms. The quantitative estimate of drug-likeness (QED) is 0.413. The topological polar surface area (TPSA) is 6.48 Å². The van der Waals surface area contributed by atoms with Crippen LogP contribution in [0.2, 0.25) is 0 Å². The van der Waals surface area contributed by atoms with E-state index in [4.69, 9.17) is 0 Å². The number of hydrazine groups is 1. The molecular weight excluding hydrogens is 112 g/mol. The van der Waals surface area contributed by atoms with Gasteiger partial charge in [0.25, 0.3) is 0 Å². The van der Waals surface area contributed by atoms with Crippen molar-refractivity contribution >= 4 is 0 Å². The van der Waals surface area contributed by atoms with Gasteiger partial charge in [0.1, 0.15) is 0 Å². The maximum absolute atomic E-state index is 2.12. The summed E-state index contributed by atoms with van der Waals surface area (Å²) < 4.78 is 0. The molecule has 0 aromatic heterocycles. The summed E-state index contributed by atoms with van der Waals surface area (Å²) in [5.41, 5.74) is 0. The van der Waals surface area contributed by atoms with Crippen molar-refractivity contribution in [2.75, 3.05) is 27.7 Å². The summed E-state index contributed by atoms with van der Waals surface area (Å²) in [5.74, 6) is 0. The number of allylic oxidation sites excluding steroid dienone is 1. The second kappa shape index (κ2) is 4.53. The first kappa shape index (κ1) is 8.66. The summed E-state index contributed by atoms with van der Waals surface area (Å²) in [7, 11) is 6.12. The van der Waals surface area contributed by atoms with Gasteiger partial charge in [0.15, 0.2) is 0 Å². The Morgan fingerprint density at radius 2 is 1.78 bits per heavy atom. The van der Waals surface area contributed by atoms with E-state index in [1.54, 1.807) is 0 Å². The molecule has 0 heterocycles. The van der Waals surface area contributed by atoms with Crippen LogP contribution in [0.1, 0.15) is 6.92 Å². The van der Waals surface area contributed by atoms with E-state index in [1.807, 2.05) is 21.0 Å². The van der Waals surface area contributed by atoms with Crippen LogP contribution in [0.3, 0.4) is 0 Å². The molecule has 2 heteroatoms. The van der Waals surface area contributed by atoms with Crippen LogP contribution >= 0.6 is 0 Å². The predicted molar refractivity (Wildman–Crippen MR) is 41.1 cm³/mol. The van der Waals surface area contributed by atoms with E-state index in [-0.39, 0.29) is 0 Å². The molecule has 0 saturated heterocycles. The van der Waals surface area contributed by atoms with Crippen molar-refractivity contribution in [3.8, 4) is 0 Å². The molecule has 0 aromatic carbocycles. The van der Waals surface area contributed by atoms with Gasteiger partial charge in [-0.15, -0.1) is 0 Å². The lowest BCUT2D eigenvalue weighted by molar-refractivity contribution is 0.0705. The number of hydrogen-bond acceptors (Lipinski definition) is 2. The molecule has 54 valence electrons. The Bertz CT molecular complexity index is 86.9. The van der Waals surface area contributed by atoms with E-state index in [0.29, 0.717) is 0 Å². The molecule has 0 aliphatic rings. The van der Waals surface area contributed by atoms with E-state index < -0.39 is 0 Å². The summed E-state index contributed by atoms with van der Waals surface area (Å²) in [6, 6.07) is 0. The average Bonchev–Trinajstić information content (AvgIpc) is 1.82. The lowest BCUT2D eigenvalue weighted by Gasteiger charge is -2.22. The second-order valence-electron chi connectivity index (χ2n) is 2.26. The average molecular weight is 128 g/mol. The van der Waals surface area contributed by atoms with Crippen molar-refractivity contribution in [2.45, 2.75) is 6.92 Å². The smallest absolute Gasteiger partial charge is 0.0310 e. The highest BCUT2D eigenvalue weighted by Crippen LogP contribution is 1.84. The number of nitrogens with zero attached hydrogens (tertiary/aromatic N) is 2. The first-order valence-electron chi connectivity index (χ1n) is 3.18. The third-order valence-corrected chi connectivity index (χ3v) is 1.29. The van der Waals surface area contributed by atoms with E-state index in [2.05, 4.69) is 29.2 Å². The van der Waals surface area contributed by atoms with Crippen molar-refractivity contribution in [1.29, 1.82) is 0 Å². The zero-order chi connectivity index (χ0) is 7.28. The van der Waals surface area contributed by atoms with Crippen LogP contribution in [0.25, 0.3) is 0 Å². The highest BCUT2D eigenvalue weighted by atomic mass is 15.6. The Balaban J connectivity index is 3.38. The zero-order valence-corrected chi connectivity index (χ0v) is 6.76. The minimum atomic E-state index is 0.990. The van der Waals surface area contributed by atoms with Gasteiger partial charge in [0.2, 0.25) is 0 Å². The van der Waals surface area contributed by atoms with Gasteiger partial charge in [-0.3, -0.25) is 0 Å². The van der Waals surface area contributed by atoms with Crippen molar-refractivity contribution in [1.82, 2.24) is 10.0 Å². The third kappa shape index (κ3) is 4.18. The molecule has 2 nitrogen and oxygen atoms in total. The van der Waals surface area contributed by atoms with E-state index in [1.165, 1.54) is 0 Å². The maximum atomic E-state index is 2.12.